The van der Waals surface area contributed by atoms with Crippen molar-refractivity contribution in [2.75, 3.05) is 6.26 Å². The maximum absolute atomic E-state index is 12.0. The molecule has 0 aliphatic carbocycles. The molecule has 0 saturated carbocycles. The Morgan fingerprint density at radius 3 is 2.67 bits per heavy atom. The minimum absolute atomic E-state index is 0.0714. The van der Waals surface area contributed by atoms with E-state index in [2.05, 4.69) is 10.1 Å². The van der Waals surface area contributed by atoms with Gasteiger partial charge in [0.05, 0.1) is 11.2 Å². The van der Waals surface area contributed by atoms with E-state index < -0.39 is 20.5 Å². The number of sulfone groups is 1. The molecule has 2 N–H and O–H groups in total. The highest BCUT2D eigenvalue weighted by molar-refractivity contribution is 7.92. The molecule has 1 atom stereocenters. The molecular weight excluding hydrogens is 370 g/mol. The fourth-order valence-electron chi connectivity index (χ4n) is 2.71. The van der Waals surface area contributed by atoms with Crippen LogP contribution in [0.15, 0.2) is 47.0 Å². The van der Waals surface area contributed by atoms with Crippen molar-refractivity contribution in [2.24, 2.45) is 0 Å². The summed E-state index contributed by atoms with van der Waals surface area (Å²) in [5.74, 6) is -0.568. The van der Waals surface area contributed by atoms with Crippen LogP contribution in [0.4, 0.5) is 0 Å². The first-order chi connectivity index (χ1) is 12.7. The number of aryl methyl sites for hydroxylation is 1. The molecule has 8 nitrogen and oxygen atoms in total. The molecule has 0 aliphatic heterocycles. The van der Waals surface area contributed by atoms with Crippen LogP contribution in [-0.2, 0) is 21.1 Å². The number of carbonyl (C=O) groups excluding carboxylic acids is 1. The lowest BCUT2D eigenvalue weighted by Gasteiger charge is -2.24. The molecule has 0 saturated heterocycles. The van der Waals surface area contributed by atoms with Gasteiger partial charge in [0.2, 0.25) is 0 Å². The summed E-state index contributed by atoms with van der Waals surface area (Å²) in [5, 5.41) is 13.9. The highest BCUT2D eigenvalue weighted by Gasteiger charge is 2.43. The average molecular weight is 389 g/mol. The summed E-state index contributed by atoms with van der Waals surface area (Å²) in [6, 6.07) is 13.1. The Morgan fingerprint density at radius 1 is 1.22 bits per heavy atom. The lowest BCUT2D eigenvalue weighted by molar-refractivity contribution is -0.131. The van der Waals surface area contributed by atoms with Gasteiger partial charge in [-0.1, -0.05) is 29.4 Å². The molecule has 2 heterocycles. The highest BCUT2D eigenvalue weighted by atomic mass is 32.2. The second kappa shape index (κ2) is 7.09. The van der Waals surface area contributed by atoms with Gasteiger partial charge in [-0.05, 0) is 25.5 Å². The van der Waals surface area contributed by atoms with Crippen molar-refractivity contribution in [1.29, 1.82) is 0 Å². The van der Waals surface area contributed by atoms with Gasteiger partial charge < -0.3 is 4.52 Å². The van der Waals surface area contributed by atoms with Crippen molar-refractivity contribution < 1.29 is 22.9 Å². The molecule has 0 radical (unpaired) electrons. The molecule has 9 heteroatoms. The fourth-order valence-corrected chi connectivity index (χ4v) is 3.56. The van der Waals surface area contributed by atoms with E-state index in [0.29, 0.717) is 17.1 Å². The predicted octanol–water partition coefficient (Wildman–Crippen LogP) is 2.13. The molecule has 3 aromatic rings. The number of hydrogen-bond acceptors (Lipinski definition) is 7. The largest absolute Gasteiger partial charge is 0.361 e. The van der Waals surface area contributed by atoms with E-state index in [9.17, 15) is 13.2 Å². The first-order valence-corrected chi connectivity index (χ1v) is 10.1. The van der Waals surface area contributed by atoms with Crippen molar-refractivity contribution >= 4 is 26.6 Å². The van der Waals surface area contributed by atoms with Gasteiger partial charge in [0, 0.05) is 24.1 Å². The van der Waals surface area contributed by atoms with Crippen LogP contribution in [0.25, 0.3) is 22.3 Å². The van der Waals surface area contributed by atoms with Crippen LogP contribution < -0.4 is 5.48 Å². The van der Waals surface area contributed by atoms with Gasteiger partial charge in [0.1, 0.15) is 16.2 Å². The van der Waals surface area contributed by atoms with Gasteiger partial charge in [-0.25, -0.2) is 18.9 Å². The molecule has 0 fully saturated rings. The minimum Gasteiger partial charge on any atom is -0.361 e. The van der Waals surface area contributed by atoms with E-state index in [1.165, 1.54) is 12.4 Å². The molecule has 1 amide bonds. The van der Waals surface area contributed by atoms with Gasteiger partial charge in [0.15, 0.2) is 9.84 Å². The summed E-state index contributed by atoms with van der Waals surface area (Å²) in [6.07, 6.45) is 1.03. The Labute approximate surface area is 156 Å². The predicted molar refractivity (Wildman–Crippen MR) is 98.7 cm³/mol. The first-order valence-electron chi connectivity index (χ1n) is 8.20. The van der Waals surface area contributed by atoms with Gasteiger partial charge in [0.25, 0.3) is 5.91 Å². The number of amides is 1. The molecule has 0 bridgehead atoms. The molecule has 3 rings (SSSR count). The van der Waals surface area contributed by atoms with Crippen LogP contribution in [0, 0.1) is 0 Å². The molecular formula is C18H19N3O5S. The van der Waals surface area contributed by atoms with Crippen LogP contribution in [0.3, 0.4) is 0 Å². The number of para-hydroxylation sites is 1. The van der Waals surface area contributed by atoms with Crippen molar-refractivity contribution in [3.63, 3.8) is 0 Å². The monoisotopic (exact) mass is 389 g/mol. The van der Waals surface area contributed by atoms with E-state index in [1.54, 1.807) is 6.07 Å². The number of nitrogens with one attached hydrogen (secondary N) is 1. The Hall–Kier alpha value is -2.78. The zero-order valence-electron chi connectivity index (χ0n) is 14.8. The topological polar surface area (TPSA) is 122 Å². The molecule has 2 aromatic heterocycles. The number of hydroxylamine groups is 1. The van der Waals surface area contributed by atoms with Crippen molar-refractivity contribution in [3.05, 3.63) is 48.2 Å². The van der Waals surface area contributed by atoms with Crippen LogP contribution in [0.2, 0.25) is 0 Å². The molecule has 142 valence electrons. The first kappa shape index (κ1) is 19.0. The maximum Gasteiger partial charge on any atom is 0.264 e. The summed E-state index contributed by atoms with van der Waals surface area (Å²) >= 11 is 0. The summed E-state index contributed by atoms with van der Waals surface area (Å²) in [7, 11) is -3.76. The minimum atomic E-state index is -3.76. The van der Waals surface area contributed by atoms with Crippen molar-refractivity contribution in [2.45, 2.75) is 24.5 Å². The number of rotatable bonds is 6. The number of aromatic nitrogens is 2. The number of nitrogens with zero attached hydrogens (tertiary/aromatic N) is 2. The van der Waals surface area contributed by atoms with Crippen LogP contribution >= 0.6 is 0 Å². The standard InChI is InChI=1S/C18H19N3O5S/c1-18(17(22)20-23,27(2,24)25)10-9-13-11-16(21-26-13)15-8-7-12-5-3-4-6-14(12)19-15/h3-8,11,23H,9-10H2,1-2H3,(H,20,22). The lowest BCUT2D eigenvalue weighted by atomic mass is 10.0. The van der Waals surface area contributed by atoms with E-state index in [0.717, 1.165) is 17.2 Å². The fraction of sp³-hybridized carbons (Fsp3) is 0.278. The third kappa shape index (κ3) is 3.69. The number of benzene rings is 1. The van der Waals surface area contributed by atoms with E-state index in [-0.39, 0.29) is 12.8 Å². The molecule has 0 aliphatic rings. The Bertz CT molecular complexity index is 1090. The molecule has 1 aromatic carbocycles. The average Bonchev–Trinajstić information content (AvgIpc) is 3.13. The van der Waals surface area contributed by atoms with Crippen molar-refractivity contribution in [1.82, 2.24) is 15.6 Å². The highest BCUT2D eigenvalue weighted by Crippen LogP contribution is 2.26. The lowest BCUT2D eigenvalue weighted by Crippen LogP contribution is -2.49. The van der Waals surface area contributed by atoms with E-state index in [1.807, 2.05) is 36.4 Å². The second-order valence-electron chi connectivity index (χ2n) is 6.51. The molecule has 1 unspecified atom stereocenters. The smallest absolute Gasteiger partial charge is 0.264 e. The second-order valence-corrected chi connectivity index (χ2v) is 8.96. The quantitative estimate of drug-likeness (QED) is 0.489. The summed E-state index contributed by atoms with van der Waals surface area (Å²) in [5.41, 5.74) is 3.39. The van der Waals surface area contributed by atoms with E-state index in [4.69, 9.17) is 9.73 Å². The third-order valence-electron chi connectivity index (χ3n) is 4.67. The normalized spacial score (nSPS) is 14.0. The zero-order chi connectivity index (χ0) is 19.7. The zero-order valence-corrected chi connectivity index (χ0v) is 15.7. The Kier molecular flexibility index (Phi) is 4.99. The third-order valence-corrected chi connectivity index (χ3v) is 6.69. The summed E-state index contributed by atoms with van der Waals surface area (Å²) in [6.45, 7) is 1.26. The van der Waals surface area contributed by atoms with Crippen LogP contribution in [0.5, 0.6) is 0 Å². The van der Waals surface area contributed by atoms with E-state index >= 15 is 0 Å². The molecule has 27 heavy (non-hydrogen) atoms. The number of carbonyl (C=O) groups is 1. The van der Waals surface area contributed by atoms with Crippen LogP contribution in [-0.4, -0.2) is 40.7 Å². The van der Waals surface area contributed by atoms with Crippen LogP contribution in [0.1, 0.15) is 19.1 Å². The Morgan fingerprint density at radius 2 is 1.96 bits per heavy atom. The van der Waals surface area contributed by atoms with Gasteiger partial charge in [-0.15, -0.1) is 0 Å². The number of hydrogen-bond donors (Lipinski definition) is 2. The Balaban J connectivity index is 1.82. The number of fused-ring (bicyclic) bond motifs is 1. The van der Waals surface area contributed by atoms with Gasteiger partial charge in [-0.2, -0.15) is 0 Å². The van der Waals surface area contributed by atoms with Gasteiger partial charge in [-0.3, -0.25) is 10.0 Å². The SMILES string of the molecule is CC(CCc1cc(-c2ccc3ccccc3n2)no1)(C(=O)NO)S(C)(=O)=O. The maximum atomic E-state index is 12.0. The van der Waals surface area contributed by atoms with Gasteiger partial charge >= 0.3 is 0 Å². The number of pyridine rings is 1. The summed E-state index contributed by atoms with van der Waals surface area (Å²) < 4.78 is 27.5. The summed E-state index contributed by atoms with van der Waals surface area (Å²) in [4.78, 5) is 16.4. The van der Waals surface area contributed by atoms with Crippen molar-refractivity contribution in [3.8, 4) is 11.4 Å². The molecule has 0 spiro atoms.